The van der Waals surface area contributed by atoms with E-state index in [1.165, 1.54) is 0 Å². The Morgan fingerprint density at radius 3 is 2.60 bits per heavy atom. The second-order valence-electron chi connectivity index (χ2n) is 3.89. The van der Waals surface area contributed by atoms with E-state index in [1.54, 1.807) is 19.2 Å². The van der Waals surface area contributed by atoms with Gasteiger partial charge in [-0.25, -0.2) is 0 Å². The molecule has 0 aliphatic heterocycles. The summed E-state index contributed by atoms with van der Waals surface area (Å²) in [7, 11) is 1.69. The second kappa shape index (κ2) is 10.6. The summed E-state index contributed by atoms with van der Waals surface area (Å²) >= 11 is 5.81. The Hall–Kier alpha value is -1.13. The molecule has 0 heterocycles. The molecule has 110 valence electrons. The van der Waals surface area contributed by atoms with E-state index in [2.05, 4.69) is 21.5 Å². The fourth-order valence-corrected chi connectivity index (χ4v) is 1.51. The molecule has 0 amide bonds. The number of nitrogens with zero attached hydrogens (tertiary/aromatic N) is 1. The molecule has 1 rings (SSSR count). The van der Waals surface area contributed by atoms with Gasteiger partial charge in [-0.3, -0.25) is 4.99 Å². The minimum atomic E-state index is -0.00874. The number of nitrogens with one attached hydrogen (secondary N) is 2. The topological polar surface area (TPSA) is 45.7 Å². The van der Waals surface area contributed by atoms with Crippen LogP contribution in [0.25, 0.3) is 0 Å². The third kappa shape index (κ3) is 7.46. The number of aliphatic imine (C=N–C) groups is 1. The number of terminal acetylenes is 1. The smallest absolute Gasteiger partial charge is 0.191 e. The van der Waals surface area contributed by atoms with Crippen LogP contribution in [-0.2, 0) is 0 Å². The van der Waals surface area contributed by atoms with Crippen molar-refractivity contribution in [1.29, 1.82) is 0 Å². The molecule has 0 aliphatic carbocycles. The largest absolute Gasteiger partial charge is 0.489 e. The lowest BCUT2D eigenvalue weighted by atomic mass is 10.3. The summed E-state index contributed by atoms with van der Waals surface area (Å²) in [5.41, 5.74) is 0. The van der Waals surface area contributed by atoms with E-state index in [9.17, 15) is 0 Å². The Balaban J connectivity index is 0.00000361. The van der Waals surface area contributed by atoms with Crippen LogP contribution < -0.4 is 15.4 Å². The standard InChI is InChI=1S/C14H18ClN3O.HI/c1-4-9-17-14(16-3)18-10-11(2)19-13-7-5-12(15)6-8-13;/h1,5-8,11H,9-10H2,2-3H3,(H2,16,17,18);1H. The molecule has 6 heteroatoms. The van der Waals surface area contributed by atoms with Crippen LogP contribution in [0.3, 0.4) is 0 Å². The van der Waals surface area contributed by atoms with Crippen LogP contribution in [0, 0.1) is 12.3 Å². The first-order chi connectivity index (χ1) is 9.15. The summed E-state index contributed by atoms with van der Waals surface area (Å²) < 4.78 is 5.72. The summed E-state index contributed by atoms with van der Waals surface area (Å²) in [5.74, 6) is 3.93. The normalized spacial score (nSPS) is 11.8. The summed E-state index contributed by atoms with van der Waals surface area (Å²) in [6.45, 7) is 3.02. The SMILES string of the molecule is C#CCNC(=NC)NCC(C)Oc1ccc(Cl)cc1.I. The molecule has 1 aromatic carbocycles. The van der Waals surface area contributed by atoms with Crippen LogP contribution >= 0.6 is 35.6 Å². The molecule has 1 aromatic rings. The average Bonchev–Trinajstić information content (AvgIpc) is 2.42. The molecule has 0 aromatic heterocycles. The molecule has 0 radical (unpaired) electrons. The van der Waals surface area contributed by atoms with Gasteiger partial charge in [-0.05, 0) is 31.2 Å². The van der Waals surface area contributed by atoms with E-state index in [0.717, 1.165) is 5.75 Å². The quantitative estimate of drug-likeness (QED) is 0.341. The predicted octanol–water partition coefficient (Wildman–Crippen LogP) is 2.52. The number of hydrogen-bond donors (Lipinski definition) is 2. The van der Waals surface area contributed by atoms with Gasteiger partial charge in [0, 0.05) is 12.1 Å². The molecule has 0 aliphatic rings. The Labute approximate surface area is 142 Å². The number of guanidine groups is 1. The predicted molar refractivity (Wildman–Crippen MR) is 95.2 cm³/mol. The van der Waals surface area contributed by atoms with E-state index in [1.807, 2.05) is 19.1 Å². The summed E-state index contributed by atoms with van der Waals surface area (Å²) in [6.07, 6.45) is 5.16. The maximum atomic E-state index is 5.81. The minimum absolute atomic E-state index is 0. The maximum absolute atomic E-state index is 5.81. The van der Waals surface area contributed by atoms with Gasteiger partial charge >= 0.3 is 0 Å². The van der Waals surface area contributed by atoms with E-state index in [0.29, 0.717) is 24.1 Å². The molecular weight excluding hydrogens is 389 g/mol. The van der Waals surface area contributed by atoms with Crippen molar-refractivity contribution in [3.05, 3.63) is 29.3 Å². The van der Waals surface area contributed by atoms with Gasteiger partial charge in [0.1, 0.15) is 11.9 Å². The van der Waals surface area contributed by atoms with E-state index in [4.69, 9.17) is 22.8 Å². The Morgan fingerprint density at radius 1 is 1.40 bits per heavy atom. The van der Waals surface area contributed by atoms with Crippen LogP contribution in [0.15, 0.2) is 29.3 Å². The second-order valence-corrected chi connectivity index (χ2v) is 4.33. The molecule has 1 unspecified atom stereocenters. The van der Waals surface area contributed by atoms with E-state index < -0.39 is 0 Å². The van der Waals surface area contributed by atoms with Gasteiger partial charge in [0.25, 0.3) is 0 Å². The van der Waals surface area contributed by atoms with Crippen LogP contribution in [0.5, 0.6) is 5.75 Å². The first kappa shape index (κ1) is 18.9. The Morgan fingerprint density at radius 2 is 2.05 bits per heavy atom. The lowest BCUT2D eigenvalue weighted by Crippen LogP contribution is -2.41. The highest BCUT2D eigenvalue weighted by atomic mass is 127. The molecular formula is C14H19ClIN3O. The van der Waals surface area contributed by atoms with E-state index in [-0.39, 0.29) is 30.1 Å². The molecule has 0 fully saturated rings. The first-order valence-electron chi connectivity index (χ1n) is 5.96. The zero-order chi connectivity index (χ0) is 14.1. The highest BCUT2D eigenvalue weighted by Gasteiger charge is 2.05. The number of benzene rings is 1. The van der Waals surface area contributed by atoms with Crippen LogP contribution in [-0.4, -0.2) is 32.2 Å². The number of rotatable bonds is 5. The van der Waals surface area contributed by atoms with Crippen LogP contribution in [0.2, 0.25) is 5.02 Å². The van der Waals surface area contributed by atoms with Gasteiger partial charge in [0.2, 0.25) is 0 Å². The van der Waals surface area contributed by atoms with Crippen molar-refractivity contribution in [3.8, 4) is 18.1 Å². The van der Waals surface area contributed by atoms with Crippen molar-refractivity contribution in [1.82, 2.24) is 10.6 Å². The molecule has 2 N–H and O–H groups in total. The van der Waals surface area contributed by atoms with Gasteiger partial charge in [-0.2, -0.15) is 0 Å². The zero-order valence-electron chi connectivity index (χ0n) is 11.5. The molecule has 20 heavy (non-hydrogen) atoms. The van der Waals surface area contributed by atoms with Gasteiger partial charge in [0.05, 0.1) is 13.1 Å². The summed E-state index contributed by atoms with van der Waals surface area (Å²) in [4.78, 5) is 4.04. The molecule has 1 atom stereocenters. The molecule has 0 bridgehead atoms. The highest BCUT2D eigenvalue weighted by Crippen LogP contribution is 2.16. The van der Waals surface area contributed by atoms with Crippen molar-refractivity contribution < 1.29 is 4.74 Å². The van der Waals surface area contributed by atoms with Crippen molar-refractivity contribution in [2.75, 3.05) is 20.1 Å². The van der Waals surface area contributed by atoms with Crippen molar-refractivity contribution in [2.45, 2.75) is 13.0 Å². The Kier molecular flexibility index (Phi) is 10.0. The summed E-state index contributed by atoms with van der Waals surface area (Å²) in [6, 6.07) is 7.27. The summed E-state index contributed by atoms with van der Waals surface area (Å²) in [5, 5.41) is 6.80. The van der Waals surface area contributed by atoms with Gasteiger partial charge in [0.15, 0.2) is 5.96 Å². The van der Waals surface area contributed by atoms with Crippen molar-refractivity contribution >= 4 is 41.5 Å². The number of halogens is 2. The molecule has 0 saturated heterocycles. The maximum Gasteiger partial charge on any atom is 0.191 e. The third-order valence-electron chi connectivity index (χ3n) is 2.29. The Bertz CT molecular complexity index is 456. The first-order valence-corrected chi connectivity index (χ1v) is 6.33. The van der Waals surface area contributed by atoms with Gasteiger partial charge in [-0.1, -0.05) is 17.5 Å². The third-order valence-corrected chi connectivity index (χ3v) is 2.54. The van der Waals surface area contributed by atoms with Crippen molar-refractivity contribution in [3.63, 3.8) is 0 Å². The number of ether oxygens (including phenoxy) is 1. The lowest BCUT2D eigenvalue weighted by molar-refractivity contribution is 0.224. The van der Waals surface area contributed by atoms with Crippen LogP contribution in [0.1, 0.15) is 6.92 Å². The zero-order valence-corrected chi connectivity index (χ0v) is 14.6. The van der Waals surface area contributed by atoms with Gasteiger partial charge < -0.3 is 15.4 Å². The average molecular weight is 408 g/mol. The number of hydrogen-bond acceptors (Lipinski definition) is 2. The molecule has 0 saturated carbocycles. The molecule has 4 nitrogen and oxygen atoms in total. The fraction of sp³-hybridized carbons (Fsp3) is 0.357. The fourth-order valence-electron chi connectivity index (χ4n) is 1.38. The van der Waals surface area contributed by atoms with Crippen LogP contribution in [0.4, 0.5) is 0 Å². The monoisotopic (exact) mass is 407 g/mol. The molecule has 0 spiro atoms. The van der Waals surface area contributed by atoms with E-state index >= 15 is 0 Å². The minimum Gasteiger partial charge on any atom is -0.489 e. The van der Waals surface area contributed by atoms with Crippen molar-refractivity contribution in [2.24, 2.45) is 4.99 Å². The highest BCUT2D eigenvalue weighted by molar-refractivity contribution is 14.0. The van der Waals surface area contributed by atoms with Gasteiger partial charge in [-0.15, -0.1) is 30.4 Å². The lowest BCUT2D eigenvalue weighted by Gasteiger charge is -2.17.